The normalized spacial score (nSPS) is 11.6. The lowest BCUT2D eigenvalue weighted by Crippen LogP contribution is -2.11. The first-order chi connectivity index (χ1) is 7.56. The van der Waals surface area contributed by atoms with Gasteiger partial charge in [0.2, 0.25) is 0 Å². The molecule has 1 rings (SSSR count). The number of hydrogen-bond donors (Lipinski definition) is 2. The maximum absolute atomic E-state index is 10.4. The lowest BCUT2D eigenvalue weighted by Gasteiger charge is -2.13. The Balaban J connectivity index is 3.10. The Labute approximate surface area is 98.9 Å². The van der Waals surface area contributed by atoms with Crippen molar-refractivity contribution in [3.05, 3.63) is 29.3 Å². The summed E-state index contributed by atoms with van der Waals surface area (Å²) in [5.74, 6) is -0.777. The largest absolute Gasteiger partial charge is 0.480 e. The first-order valence-electron chi connectivity index (χ1n) is 4.62. The van der Waals surface area contributed by atoms with Crippen LogP contribution < -0.4 is 4.74 Å². The molecule has 0 aromatic heterocycles. The number of rotatable bonds is 4. The number of hydrogen-bond acceptors (Lipinski definition) is 4. The second-order valence-corrected chi connectivity index (χ2v) is 3.97. The first kappa shape index (κ1) is 12.4. The lowest BCUT2D eigenvalue weighted by atomic mass is 10.1. The number of ether oxygens (including phenoxy) is 1. The fourth-order valence-corrected chi connectivity index (χ4v) is 1.47. The molecule has 0 aliphatic carbocycles. The maximum Gasteiger partial charge on any atom is 0.341 e. The highest BCUT2D eigenvalue weighted by Crippen LogP contribution is 2.31. The Morgan fingerprint density at radius 1 is 1.69 bits per heavy atom. The van der Waals surface area contributed by atoms with E-state index >= 15 is 0 Å². The summed E-state index contributed by atoms with van der Waals surface area (Å²) < 4.78 is 5.11. The summed E-state index contributed by atoms with van der Waals surface area (Å²) in [6.45, 7) is 1.36. The van der Waals surface area contributed by atoms with Crippen molar-refractivity contribution in [3.63, 3.8) is 0 Å². The minimum Gasteiger partial charge on any atom is -0.480 e. The third kappa shape index (κ3) is 2.91. The van der Waals surface area contributed by atoms with E-state index in [0.29, 0.717) is 16.9 Å². The zero-order valence-electron chi connectivity index (χ0n) is 8.67. The summed E-state index contributed by atoms with van der Waals surface area (Å²) in [6, 6.07) is 7.02. The Bertz CT molecular complexity index is 437. The standard InChI is InChI=1S/C11H11NO3S/c1-7(16)9-4-2-3-8(5-12)11(9)15-6-10(13)14/h2-4,7,16H,6H2,1H3,(H,13,14). The Morgan fingerprint density at radius 2 is 2.38 bits per heavy atom. The van der Waals surface area contributed by atoms with Gasteiger partial charge in [0.25, 0.3) is 0 Å². The SMILES string of the molecule is CC(S)c1cccc(C#N)c1OCC(=O)O. The van der Waals surface area contributed by atoms with Crippen molar-refractivity contribution in [2.75, 3.05) is 6.61 Å². The van der Waals surface area contributed by atoms with Crippen molar-refractivity contribution in [2.45, 2.75) is 12.2 Å². The van der Waals surface area contributed by atoms with E-state index in [2.05, 4.69) is 12.6 Å². The molecule has 0 fully saturated rings. The number of nitrogens with zero attached hydrogens (tertiary/aromatic N) is 1. The highest BCUT2D eigenvalue weighted by atomic mass is 32.1. The predicted octanol–water partition coefficient (Wildman–Crippen LogP) is 2.01. The van der Waals surface area contributed by atoms with E-state index in [-0.39, 0.29) is 5.25 Å². The average Bonchev–Trinajstić information content (AvgIpc) is 2.25. The number of thiol groups is 1. The zero-order chi connectivity index (χ0) is 12.1. The van der Waals surface area contributed by atoms with Gasteiger partial charge in [0, 0.05) is 10.8 Å². The monoisotopic (exact) mass is 237 g/mol. The summed E-state index contributed by atoms with van der Waals surface area (Å²) in [6.07, 6.45) is 0. The molecule has 5 heteroatoms. The second-order valence-electron chi connectivity index (χ2n) is 3.19. The number of aliphatic carboxylic acids is 1. The number of nitriles is 1. The van der Waals surface area contributed by atoms with Crippen LogP contribution in [0.15, 0.2) is 18.2 Å². The number of carboxylic acid groups (broad SMARTS) is 1. The third-order valence-electron chi connectivity index (χ3n) is 1.96. The van der Waals surface area contributed by atoms with Gasteiger partial charge >= 0.3 is 5.97 Å². The molecule has 0 saturated heterocycles. The van der Waals surface area contributed by atoms with Crippen LogP contribution in [0.3, 0.4) is 0 Å². The van der Waals surface area contributed by atoms with Crippen molar-refractivity contribution in [1.29, 1.82) is 5.26 Å². The van der Waals surface area contributed by atoms with Gasteiger partial charge in [-0.1, -0.05) is 12.1 Å². The lowest BCUT2D eigenvalue weighted by molar-refractivity contribution is -0.139. The van der Waals surface area contributed by atoms with E-state index in [1.807, 2.05) is 13.0 Å². The van der Waals surface area contributed by atoms with Crippen molar-refractivity contribution in [1.82, 2.24) is 0 Å². The average molecular weight is 237 g/mol. The van der Waals surface area contributed by atoms with Gasteiger partial charge in [0.1, 0.15) is 11.8 Å². The molecule has 84 valence electrons. The summed E-state index contributed by atoms with van der Waals surface area (Å²) in [4.78, 5) is 10.4. The summed E-state index contributed by atoms with van der Waals surface area (Å²) in [5, 5.41) is 17.3. The molecule has 1 unspecified atom stereocenters. The van der Waals surface area contributed by atoms with Crippen molar-refractivity contribution >= 4 is 18.6 Å². The van der Waals surface area contributed by atoms with Gasteiger partial charge in [-0.15, -0.1) is 0 Å². The summed E-state index contributed by atoms with van der Waals surface area (Å²) in [5.41, 5.74) is 1.03. The van der Waals surface area contributed by atoms with Crippen LogP contribution >= 0.6 is 12.6 Å². The van der Waals surface area contributed by atoms with Gasteiger partial charge in [-0.05, 0) is 13.0 Å². The van der Waals surface area contributed by atoms with Gasteiger partial charge in [0.05, 0.1) is 5.56 Å². The molecule has 0 spiro atoms. The molecule has 0 heterocycles. The number of carbonyl (C=O) groups is 1. The van der Waals surface area contributed by atoms with E-state index in [0.717, 1.165) is 0 Å². The molecule has 1 aromatic rings. The van der Waals surface area contributed by atoms with Crippen LogP contribution in [-0.2, 0) is 4.79 Å². The van der Waals surface area contributed by atoms with E-state index in [4.69, 9.17) is 15.1 Å². The number of benzene rings is 1. The van der Waals surface area contributed by atoms with E-state index < -0.39 is 12.6 Å². The third-order valence-corrected chi connectivity index (χ3v) is 2.23. The zero-order valence-corrected chi connectivity index (χ0v) is 9.57. The van der Waals surface area contributed by atoms with Gasteiger partial charge in [-0.2, -0.15) is 17.9 Å². The van der Waals surface area contributed by atoms with Gasteiger partial charge in [-0.25, -0.2) is 4.79 Å². The fourth-order valence-electron chi connectivity index (χ4n) is 1.27. The van der Waals surface area contributed by atoms with Crippen LogP contribution in [-0.4, -0.2) is 17.7 Å². The summed E-state index contributed by atoms with van der Waals surface area (Å²) >= 11 is 4.25. The molecule has 1 N–H and O–H groups in total. The molecule has 0 aliphatic heterocycles. The topological polar surface area (TPSA) is 70.3 Å². The maximum atomic E-state index is 10.4. The predicted molar refractivity (Wildman–Crippen MR) is 61.7 cm³/mol. The Morgan fingerprint density at radius 3 is 2.88 bits per heavy atom. The molecule has 1 atom stereocenters. The molecule has 0 amide bonds. The highest BCUT2D eigenvalue weighted by molar-refractivity contribution is 7.80. The molecular formula is C11H11NO3S. The van der Waals surface area contributed by atoms with Crippen molar-refractivity contribution < 1.29 is 14.6 Å². The van der Waals surface area contributed by atoms with Crippen LogP contribution in [0.2, 0.25) is 0 Å². The van der Waals surface area contributed by atoms with Crippen LogP contribution in [0, 0.1) is 11.3 Å². The van der Waals surface area contributed by atoms with E-state index in [1.165, 1.54) is 0 Å². The van der Waals surface area contributed by atoms with Crippen molar-refractivity contribution in [3.8, 4) is 11.8 Å². The first-order valence-corrected chi connectivity index (χ1v) is 5.13. The van der Waals surface area contributed by atoms with E-state index in [9.17, 15) is 4.79 Å². The van der Waals surface area contributed by atoms with Gasteiger partial charge in [0.15, 0.2) is 6.61 Å². The van der Waals surface area contributed by atoms with Gasteiger partial charge < -0.3 is 9.84 Å². The molecule has 0 aliphatic rings. The molecule has 16 heavy (non-hydrogen) atoms. The van der Waals surface area contributed by atoms with Crippen LogP contribution in [0.4, 0.5) is 0 Å². The van der Waals surface area contributed by atoms with Crippen LogP contribution in [0.5, 0.6) is 5.75 Å². The Kier molecular flexibility index (Phi) is 4.20. The fraction of sp³-hybridized carbons (Fsp3) is 0.273. The smallest absolute Gasteiger partial charge is 0.341 e. The molecule has 1 aromatic carbocycles. The summed E-state index contributed by atoms with van der Waals surface area (Å²) in [7, 11) is 0. The van der Waals surface area contributed by atoms with Gasteiger partial charge in [-0.3, -0.25) is 0 Å². The number of carboxylic acids is 1. The van der Waals surface area contributed by atoms with Crippen LogP contribution in [0.25, 0.3) is 0 Å². The quantitative estimate of drug-likeness (QED) is 0.786. The molecular weight excluding hydrogens is 226 g/mol. The number of para-hydroxylation sites is 1. The molecule has 4 nitrogen and oxygen atoms in total. The minimum absolute atomic E-state index is 0.128. The Hall–Kier alpha value is -1.67. The molecule has 0 bridgehead atoms. The highest BCUT2D eigenvalue weighted by Gasteiger charge is 2.13. The minimum atomic E-state index is -1.08. The van der Waals surface area contributed by atoms with Crippen LogP contribution in [0.1, 0.15) is 23.3 Å². The van der Waals surface area contributed by atoms with Crippen molar-refractivity contribution in [2.24, 2.45) is 0 Å². The van der Waals surface area contributed by atoms with E-state index in [1.54, 1.807) is 18.2 Å². The molecule has 0 saturated carbocycles. The second kappa shape index (κ2) is 5.42. The molecule has 0 radical (unpaired) electrons.